The predicted octanol–water partition coefficient (Wildman–Crippen LogP) is 4.24. The van der Waals surface area contributed by atoms with E-state index in [0.29, 0.717) is 6.92 Å². The summed E-state index contributed by atoms with van der Waals surface area (Å²) in [5.74, 6) is -69.5. The summed E-state index contributed by atoms with van der Waals surface area (Å²) in [6.07, 6.45) is -7.90. The highest BCUT2D eigenvalue weighted by Crippen LogP contribution is 2.64. The van der Waals surface area contributed by atoms with Crippen LogP contribution < -0.4 is 0 Å². The van der Waals surface area contributed by atoms with E-state index >= 15 is 0 Å². The third kappa shape index (κ3) is 3.83. The molecule has 198 valence electrons. The van der Waals surface area contributed by atoms with Gasteiger partial charge in [-0.1, -0.05) is 0 Å². The molecule has 21 heteroatoms. The molecule has 0 spiro atoms. The van der Waals surface area contributed by atoms with Gasteiger partial charge < -0.3 is 14.9 Å². The van der Waals surface area contributed by atoms with Crippen molar-refractivity contribution in [1.29, 1.82) is 0 Å². The van der Waals surface area contributed by atoms with Crippen LogP contribution in [0.2, 0.25) is 0 Å². The van der Waals surface area contributed by atoms with Gasteiger partial charge in [0.2, 0.25) is 0 Å². The van der Waals surface area contributed by atoms with Crippen molar-refractivity contribution in [2.45, 2.75) is 60.3 Å². The van der Waals surface area contributed by atoms with Gasteiger partial charge in [0, 0.05) is 0 Å². The summed E-state index contributed by atoms with van der Waals surface area (Å²) in [6, 6.07) is 0. The number of aliphatic hydroxyl groups is 2. The van der Waals surface area contributed by atoms with E-state index in [9.17, 15) is 79.4 Å². The van der Waals surface area contributed by atoms with Crippen LogP contribution in [0.4, 0.5) is 74.6 Å². The van der Waals surface area contributed by atoms with E-state index in [4.69, 9.17) is 10.2 Å². The quantitative estimate of drug-likeness (QED) is 0.262. The van der Waals surface area contributed by atoms with E-state index in [1.54, 1.807) is 0 Å². The molecule has 0 bridgehead atoms. The Balaban J connectivity index is 6.92. The molecular formula is C12H7F17O4. The number of halogens is 17. The number of rotatable bonds is 9. The molecule has 0 saturated heterocycles. The molecule has 0 unspecified atom stereocenters. The molecule has 0 radical (unpaired) electrons. The molecule has 4 nitrogen and oxygen atoms in total. The molecule has 33 heavy (non-hydrogen) atoms. The van der Waals surface area contributed by atoms with Gasteiger partial charge in [0.05, 0.1) is 6.61 Å². The van der Waals surface area contributed by atoms with Crippen molar-refractivity contribution in [2.75, 3.05) is 6.61 Å². The second-order valence-electron chi connectivity index (χ2n) is 5.91. The maximum Gasteiger partial charge on any atom is 0.460 e. The van der Waals surface area contributed by atoms with Gasteiger partial charge in [-0.2, -0.15) is 74.6 Å². The lowest BCUT2D eigenvalue weighted by Gasteiger charge is -2.44. The van der Waals surface area contributed by atoms with E-state index in [1.165, 1.54) is 0 Å². The number of carbonyl (C=O) groups is 1. The number of alkyl halides is 17. The largest absolute Gasteiger partial charge is 0.462 e. The van der Waals surface area contributed by atoms with Crippen LogP contribution in [0.25, 0.3) is 0 Å². The van der Waals surface area contributed by atoms with Gasteiger partial charge in [0.1, 0.15) is 0 Å². The number of esters is 1. The van der Waals surface area contributed by atoms with Gasteiger partial charge in [-0.05, 0) is 6.92 Å². The van der Waals surface area contributed by atoms with Crippen LogP contribution in [0.15, 0.2) is 0 Å². The standard InChI is InChI=1S/C12H7F17O4/c1-2-33-3(30)4(31,32)5(13,14)6(15,16)7(17,18)8(19,20)9(21,22)10(23,24)11(25,26)12(27,28)29/h31-32H,2H2,1H3. The van der Waals surface area contributed by atoms with E-state index in [-0.39, 0.29) is 0 Å². The summed E-state index contributed by atoms with van der Waals surface area (Å²) in [6.45, 7) is -0.608. The minimum Gasteiger partial charge on any atom is -0.462 e. The highest BCUT2D eigenvalue weighted by atomic mass is 19.4. The lowest BCUT2D eigenvalue weighted by Crippen LogP contribution is -2.77. The first-order valence-electron chi connectivity index (χ1n) is 7.31. The van der Waals surface area contributed by atoms with Crippen LogP contribution in [-0.2, 0) is 9.53 Å². The third-order valence-electron chi connectivity index (χ3n) is 3.72. The summed E-state index contributed by atoms with van der Waals surface area (Å²) in [5, 5.41) is 17.3. The van der Waals surface area contributed by atoms with Crippen molar-refractivity contribution in [3.8, 4) is 0 Å². The highest BCUT2D eigenvalue weighted by Gasteiger charge is 2.96. The Kier molecular flexibility index (Phi) is 7.44. The summed E-state index contributed by atoms with van der Waals surface area (Å²) in [7, 11) is 0. The number of hydrogen-bond acceptors (Lipinski definition) is 4. The van der Waals surface area contributed by atoms with Crippen molar-refractivity contribution < 1.29 is 94.4 Å². The van der Waals surface area contributed by atoms with Gasteiger partial charge in [-0.3, -0.25) is 0 Å². The van der Waals surface area contributed by atoms with Crippen molar-refractivity contribution in [1.82, 2.24) is 0 Å². The molecule has 2 N–H and O–H groups in total. The highest BCUT2D eigenvalue weighted by molar-refractivity contribution is 5.78. The first-order chi connectivity index (χ1) is 14.0. The normalized spacial score (nSPS) is 16.1. The SMILES string of the molecule is CCOC(=O)C(O)(O)C(F)(F)C(F)(F)C(F)(F)C(F)(F)C(F)(F)C(F)(F)C(F)(F)C(F)(F)F. The lowest BCUT2D eigenvalue weighted by atomic mass is 9.87. The summed E-state index contributed by atoms with van der Waals surface area (Å²) in [4.78, 5) is 10.9. The first kappa shape index (κ1) is 31.2. The summed E-state index contributed by atoms with van der Waals surface area (Å²) in [5.41, 5.74) is 0. The number of ether oxygens (including phenoxy) is 1. The van der Waals surface area contributed by atoms with E-state index in [1.807, 2.05) is 0 Å². The van der Waals surface area contributed by atoms with Gasteiger partial charge >= 0.3 is 59.4 Å². The molecule has 0 aliphatic rings. The molecule has 0 saturated carbocycles. The Bertz CT molecular complexity index is 739. The lowest BCUT2D eigenvalue weighted by molar-refractivity contribution is -0.472. The minimum absolute atomic E-state index is 0.622. The molecule has 0 atom stereocenters. The smallest absolute Gasteiger partial charge is 0.460 e. The van der Waals surface area contributed by atoms with Gasteiger partial charge in [0.15, 0.2) is 0 Å². The zero-order valence-corrected chi connectivity index (χ0v) is 14.8. The van der Waals surface area contributed by atoms with Crippen LogP contribution in [0.1, 0.15) is 6.92 Å². The fourth-order valence-electron chi connectivity index (χ4n) is 1.74. The zero-order chi connectivity index (χ0) is 27.5. The van der Waals surface area contributed by atoms with Crippen LogP contribution >= 0.6 is 0 Å². The maximum absolute atomic E-state index is 13.6. The van der Waals surface area contributed by atoms with E-state index < -0.39 is 66.0 Å². The Labute approximate surface area is 168 Å². The molecule has 0 heterocycles. The van der Waals surface area contributed by atoms with Crippen LogP contribution in [0, 0.1) is 0 Å². The van der Waals surface area contributed by atoms with Crippen LogP contribution in [0.5, 0.6) is 0 Å². The molecule has 0 aliphatic carbocycles. The summed E-state index contributed by atoms with van der Waals surface area (Å²) < 4.78 is 225. The molecular weight excluding hydrogens is 531 g/mol. The second kappa shape index (κ2) is 7.87. The topological polar surface area (TPSA) is 66.8 Å². The maximum atomic E-state index is 13.6. The molecule has 0 aliphatic heterocycles. The van der Waals surface area contributed by atoms with Crippen molar-refractivity contribution in [2.24, 2.45) is 0 Å². The molecule has 0 aromatic heterocycles. The third-order valence-corrected chi connectivity index (χ3v) is 3.72. The van der Waals surface area contributed by atoms with Crippen LogP contribution in [0.3, 0.4) is 0 Å². The fraction of sp³-hybridized carbons (Fsp3) is 0.917. The Morgan fingerprint density at radius 2 is 0.788 bits per heavy atom. The average molecular weight is 538 g/mol. The first-order valence-corrected chi connectivity index (χ1v) is 7.31. The molecule has 0 fully saturated rings. The second-order valence-corrected chi connectivity index (χ2v) is 5.91. The molecule has 0 rings (SSSR count). The number of carbonyl (C=O) groups excluding carboxylic acids is 1. The average Bonchev–Trinajstić information content (AvgIpc) is 2.59. The van der Waals surface area contributed by atoms with Crippen molar-refractivity contribution in [3.05, 3.63) is 0 Å². The van der Waals surface area contributed by atoms with Gasteiger partial charge in [0.25, 0.3) is 0 Å². The van der Waals surface area contributed by atoms with Gasteiger partial charge in [-0.15, -0.1) is 0 Å². The Hall–Kier alpha value is -1.80. The zero-order valence-electron chi connectivity index (χ0n) is 14.8. The molecule has 0 amide bonds. The van der Waals surface area contributed by atoms with Crippen molar-refractivity contribution in [3.63, 3.8) is 0 Å². The van der Waals surface area contributed by atoms with Gasteiger partial charge in [-0.25, -0.2) is 4.79 Å². The Morgan fingerprint density at radius 3 is 1.03 bits per heavy atom. The molecule has 0 aromatic rings. The van der Waals surface area contributed by atoms with E-state index in [2.05, 4.69) is 4.74 Å². The van der Waals surface area contributed by atoms with E-state index in [0.717, 1.165) is 0 Å². The monoisotopic (exact) mass is 538 g/mol. The molecule has 0 aromatic carbocycles. The number of hydrogen-bond donors (Lipinski definition) is 2. The fourth-order valence-corrected chi connectivity index (χ4v) is 1.74. The predicted molar refractivity (Wildman–Crippen MR) is 64.5 cm³/mol. The summed E-state index contributed by atoms with van der Waals surface area (Å²) >= 11 is 0. The Morgan fingerprint density at radius 1 is 0.545 bits per heavy atom. The van der Waals surface area contributed by atoms with Crippen LogP contribution in [-0.4, -0.2) is 76.2 Å². The minimum atomic E-state index is -8.91. The van der Waals surface area contributed by atoms with Crippen molar-refractivity contribution >= 4 is 5.97 Å².